The Bertz CT molecular complexity index is 1040. The Balaban J connectivity index is 1.87. The summed E-state index contributed by atoms with van der Waals surface area (Å²) in [7, 11) is 0. The number of hydrogen-bond donors (Lipinski definition) is 2. The van der Waals surface area contributed by atoms with Crippen LogP contribution in [0.3, 0.4) is 0 Å². The largest absolute Gasteiger partial charge is 0.398 e. The minimum Gasteiger partial charge on any atom is -0.398 e. The second-order valence-electron chi connectivity index (χ2n) is 5.76. The highest BCUT2D eigenvalue weighted by atomic mass is 32.2. The lowest BCUT2D eigenvalue weighted by atomic mass is 10.00. The highest BCUT2D eigenvalue weighted by Crippen LogP contribution is 2.32. The molecule has 0 heterocycles. The number of ketones is 1. The predicted octanol–water partition coefficient (Wildman–Crippen LogP) is 4.44. The first-order valence-corrected chi connectivity index (χ1v) is 9.04. The van der Waals surface area contributed by atoms with Gasteiger partial charge in [0.15, 0.2) is 5.78 Å². The van der Waals surface area contributed by atoms with E-state index in [1.54, 1.807) is 42.5 Å². The number of nitriles is 1. The molecular weight excluding hydrogens is 354 g/mol. The minimum atomic E-state index is -0.0657. The van der Waals surface area contributed by atoms with Crippen molar-refractivity contribution >= 4 is 28.8 Å². The van der Waals surface area contributed by atoms with Gasteiger partial charge in [0.1, 0.15) is 6.07 Å². The summed E-state index contributed by atoms with van der Waals surface area (Å²) < 4.78 is 0. The minimum absolute atomic E-state index is 0.0657. The zero-order valence-electron chi connectivity index (χ0n) is 14.4. The van der Waals surface area contributed by atoms with Crippen molar-refractivity contribution in [3.8, 4) is 6.07 Å². The topological polar surface area (TPSA) is 92.9 Å². The Kier molecular flexibility index (Phi) is 5.60. The summed E-state index contributed by atoms with van der Waals surface area (Å²) in [5, 5.41) is 9.91. The number of benzene rings is 3. The molecule has 0 amide bonds. The SMILES string of the molecule is N#C/C(=C(/N)Sc1ccccc1N)c1ccc(C(=O)c2ccccc2)cc1. The van der Waals surface area contributed by atoms with Gasteiger partial charge in [0.2, 0.25) is 0 Å². The lowest BCUT2D eigenvalue weighted by Crippen LogP contribution is -2.02. The van der Waals surface area contributed by atoms with Crippen LogP contribution in [0.1, 0.15) is 21.5 Å². The van der Waals surface area contributed by atoms with Gasteiger partial charge in [-0.2, -0.15) is 5.26 Å². The molecule has 0 aliphatic rings. The van der Waals surface area contributed by atoms with Crippen molar-refractivity contribution in [3.05, 3.63) is 101 Å². The first-order valence-electron chi connectivity index (χ1n) is 8.22. The Morgan fingerprint density at radius 2 is 1.37 bits per heavy atom. The van der Waals surface area contributed by atoms with Crippen molar-refractivity contribution in [3.63, 3.8) is 0 Å². The fourth-order valence-electron chi connectivity index (χ4n) is 2.55. The van der Waals surface area contributed by atoms with E-state index < -0.39 is 0 Å². The molecule has 132 valence electrons. The van der Waals surface area contributed by atoms with E-state index in [2.05, 4.69) is 6.07 Å². The first-order chi connectivity index (χ1) is 13.1. The summed E-state index contributed by atoms with van der Waals surface area (Å²) in [5.74, 6) is -0.0657. The van der Waals surface area contributed by atoms with Crippen LogP contribution < -0.4 is 11.5 Å². The van der Waals surface area contributed by atoms with Crippen molar-refractivity contribution in [2.24, 2.45) is 5.73 Å². The van der Waals surface area contributed by atoms with Crippen LogP contribution in [-0.2, 0) is 0 Å². The molecule has 0 radical (unpaired) electrons. The zero-order chi connectivity index (χ0) is 19.2. The number of para-hydroxylation sites is 1. The molecule has 3 aromatic rings. The smallest absolute Gasteiger partial charge is 0.193 e. The Morgan fingerprint density at radius 1 is 0.815 bits per heavy atom. The highest BCUT2D eigenvalue weighted by Gasteiger charge is 2.12. The molecule has 0 saturated carbocycles. The Morgan fingerprint density at radius 3 is 2.00 bits per heavy atom. The van der Waals surface area contributed by atoms with Gasteiger partial charge in [0.25, 0.3) is 0 Å². The van der Waals surface area contributed by atoms with Gasteiger partial charge < -0.3 is 11.5 Å². The summed E-state index contributed by atoms with van der Waals surface area (Å²) in [6.07, 6.45) is 0. The van der Waals surface area contributed by atoms with Crippen molar-refractivity contribution < 1.29 is 4.79 Å². The number of nitrogens with two attached hydrogens (primary N) is 2. The molecule has 3 rings (SSSR count). The molecule has 0 aromatic heterocycles. The van der Waals surface area contributed by atoms with Gasteiger partial charge in [-0.05, 0) is 17.7 Å². The Hall–Kier alpha value is -3.49. The Labute approximate surface area is 162 Å². The van der Waals surface area contributed by atoms with Crippen LogP contribution in [0, 0.1) is 11.3 Å². The lowest BCUT2D eigenvalue weighted by Gasteiger charge is -2.08. The van der Waals surface area contributed by atoms with E-state index >= 15 is 0 Å². The van der Waals surface area contributed by atoms with E-state index in [0.717, 1.165) is 4.90 Å². The van der Waals surface area contributed by atoms with Crippen molar-refractivity contribution in [1.29, 1.82) is 5.26 Å². The molecule has 0 bridgehead atoms. The summed E-state index contributed by atoms with van der Waals surface area (Å²) in [5.41, 5.74) is 14.9. The number of nitrogen functional groups attached to an aromatic ring is 1. The van der Waals surface area contributed by atoms with Crippen LogP contribution in [0.25, 0.3) is 5.57 Å². The third-order valence-electron chi connectivity index (χ3n) is 3.97. The summed E-state index contributed by atoms with van der Waals surface area (Å²) in [6, 6.07) is 25.4. The zero-order valence-corrected chi connectivity index (χ0v) is 15.2. The van der Waals surface area contributed by atoms with Gasteiger partial charge in [-0.3, -0.25) is 4.79 Å². The quantitative estimate of drug-likeness (QED) is 0.299. The molecule has 0 atom stereocenters. The van der Waals surface area contributed by atoms with E-state index in [4.69, 9.17) is 11.5 Å². The standard InChI is InChI=1S/C22H17N3OS/c23-14-18(22(25)27-20-9-5-4-8-19(20)24)15-10-12-17(13-11-15)21(26)16-6-2-1-3-7-16/h1-13H,24-25H2/b22-18+. The summed E-state index contributed by atoms with van der Waals surface area (Å²) >= 11 is 1.25. The molecule has 0 saturated heterocycles. The molecular formula is C22H17N3OS. The summed E-state index contributed by atoms with van der Waals surface area (Å²) in [6.45, 7) is 0. The van der Waals surface area contributed by atoms with Gasteiger partial charge in [-0.25, -0.2) is 0 Å². The van der Waals surface area contributed by atoms with Crippen molar-refractivity contribution in [2.45, 2.75) is 4.90 Å². The number of rotatable bonds is 5. The molecule has 0 unspecified atom stereocenters. The second-order valence-corrected chi connectivity index (χ2v) is 6.85. The number of allylic oxidation sites excluding steroid dienone is 1. The van der Waals surface area contributed by atoms with E-state index in [1.165, 1.54) is 11.8 Å². The monoisotopic (exact) mass is 371 g/mol. The highest BCUT2D eigenvalue weighted by molar-refractivity contribution is 8.03. The molecule has 4 N–H and O–H groups in total. The van der Waals surface area contributed by atoms with E-state index in [0.29, 0.717) is 33.0 Å². The first kappa shape index (κ1) is 18.3. The fourth-order valence-corrected chi connectivity index (χ4v) is 3.38. The number of hydrogen-bond acceptors (Lipinski definition) is 5. The van der Waals surface area contributed by atoms with Gasteiger partial charge in [-0.15, -0.1) is 0 Å². The number of carbonyl (C=O) groups is 1. The molecule has 4 nitrogen and oxygen atoms in total. The molecule has 0 aliphatic carbocycles. The van der Waals surface area contributed by atoms with Gasteiger partial charge >= 0.3 is 0 Å². The number of thioether (sulfide) groups is 1. The molecule has 0 aliphatic heterocycles. The molecule has 0 fully saturated rings. The molecule has 0 spiro atoms. The third-order valence-corrected chi connectivity index (χ3v) is 4.98. The van der Waals surface area contributed by atoms with Gasteiger partial charge in [0.05, 0.1) is 10.6 Å². The predicted molar refractivity (Wildman–Crippen MR) is 110 cm³/mol. The number of nitrogens with zero attached hydrogens (tertiary/aromatic N) is 1. The maximum atomic E-state index is 12.5. The molecule has 27 heavy (non-hydrogen) atoms. The van der Waals surface area contributed by atoms with Crippen LogP contribution in [0.2, 0.25) is 0 Å². The maximum absolute atomic E-state index is 12.5. The third kappa shape index (κ3) is 4.20. The summed E-state index contributed by atoms with van der Waals surface area (Å²) in [4.78, 5) is 13.3. The van der Waals surface area contributed by atoms with Crippen LogP contribution in [0.5, 0.6) is 0 Å². The average Bonchev–Trinajstić information content (AvgIpc) is 2.71. The van der Waals surface area contributed by atoms with Crippen LogP contribution in [0.4, 0.5) is 5.69 Å². The number of carbonyl (C=O) groups excluding carboxylic acids is 1. The van der Waals surface area contributed by atoms with E-state index in [9.17, 15) is 10.1 Å². The fraction of sp³-hybridized carbons (Fsp3) is 0. The van der Waals surface area contributed by atoms with Crippen LogP contribution in [-0.4, -0.2) is 5.78 Å². The van der Waals surface area contributed by atoms with Crippen molar-refractivity contribution in [1.82, 2.24) is 0 Å². The van der Waals surface area contributed by atoms with Crippen LogP contribution in [0.15, 0.2) is 88.8 Å². The van der Waals surface area contributed by atoms with Crippen molar-refractivity contribution in [2.75, 3.05) is 5.73 Å². The molecule has 5 heteroatoms. The normalized spacial score (nSPS) is 11.4. The average molecular weight is 371 g/mol. The van der Waals surface area contributed by atoms with E-state index in [-0.39, 0.29) is 5.78 Å². The lowest BCUT2D eigenvalue weighted by molar-refractivity contribution is 0.103. The van der Waals surface area contributed by atoms with Gasteiger partial charge in [0, 0.05) is 21.7 Å². The van der Waals surface area contributed by atoms with Crippen LogP contribution >= 0.6 is 11.8 Å². The molecule has 3 aromatic carbocycles. The maximum Gasteiger partial charge on any atom is 0.193 e. The van der Waals surface area contributed by atoms with Gasteiger partial charge in [-0.1, -0.05) is 78.5 Å². The van der Waals surface area contributed by atoms with E-state index in [1.807, 2.05) is 36.4 Å². The second kappa shape index (κ2) is 8.26. The number of anilines is 1.